The Morgan fingerprint density at radius 2 is 1.76 bits per heavy atom. The van der Waals surface area contributed by atoms with E-state index in [2.05, 4.69) is 5.32 Å². The zero-order valence-electron chi connectivity index (χ0n) is 12.6. The van der Waals surface area contributed by atoms with Gasteiger partial charge in [-0.15, -0.1) is 0 Å². The number of rotatable bonds is 6. The maximum Gasteiger partial charge on any atom is 0.127 e. The van der Waals surface area contributed by atoms with Gasteiger partial charge in [-0.2, -0.15) is 0 Å². The van der Waals surface area contributed by atoms with Crippen LogP contribution in [-0.4, -0.2) is 25.9 Å². The third-order valence-electron chi connectivity index (χ3n) is 3.39. The zero-order chi connectivity index (χ0) is 15.2. The molecule has 4 nitrogen and oxygen atoms in total. The van der Waals surface area contributed by atoms with Crippen molar-refractivity contribution in [2.75, 3.05) is 26.1 Å². The summed E-state index contributed by atoms with van der Waals surface area (Å²) in [6.07, 6.45) is 0. The van der Waals surface area contributed by atoms with Gasteiger partial charge in [-0.1, -0.05) is 17.7 Å². The van der Waals surface area contributed by atoms with Gasteiger partial charge < -0.3 is 19.9 Å². The summed E-state index contributed by atoms with van der Waals surface area (Å²) in [5.74, 6) is 1.41. The third-order valence-corrected chi connectivity index (χ3v) is 3.39. The molecule has 2 rings (SSSR count). The van der Waals surface area contributed by atoms with Crippen LogP contribution in [0.25, 0.3) is 0 Å². The van der Waals surface area contributed by atoms with Crippen LogP contribution in [0.15, 0.2) is 42.5 Å². The van der Waals surface area contributed by atoms with Crippen LogP contribution < -0.4 is 14.8 Å². The van der Waals surface area contributed by atoms with Gasteiger partial charge >= 0.3 is 0 Å². The Bertz CT molecular complexity index is 581. The number of aliphatic hydroxyl groups is 1. The molecule has 112 valence electrons. The lowest BCUT2D eigenvalue weighted by atomic mass is 10.1. The second kappa shape index (κ2) is 6.99. The largest absolute Gasteiger partial charge is 0.497 e. The second-order valence-electron chi connectivity index (χ2n) is 4.85. The van der Waals surface area contributed by atoms with Crippen LogP contribution in [0.3, 0.4) is 0 Å². The molecule has 0 amide bonds. The van der Waals surface area contributed by atoms with Crippen LogP contribution >= 0.6 is 0 Å². The van der Waals surface area contributed by atoms with E-state index in [-0.39, 0.29) is 12.6 Å². The van der Waals surface area contributed by atoms with Crippen LogP contribution in [0.2, 0.25) is 0 Å². The molecule has 2 N–H and O–H groups in total. The molecule has 21 heavy (non-hydrogen) atoms. The number of hydrogen-bond acceptors (Lipinski definition) is 4. The van der Waals surface area contributed by atoms with E-state index < -0.39 is 0 Å². The monoisotopic (exact) mass is 287 g/mol. The Labute approximate surface area is 125 Å². The van der Waals surface area contributed by atoms with Crippen LogP contribution in [0.4, 0.5) is 5.69 Å². The summed E-state index contributed by atoms with van der Waals surface area (Å²) in [6, 6.07) is 13.4. The van der Waals surface area contributed by atoms with Gasteiger partial charge in [-0.05, 0) is 31.2 Å². The van der Waals surface area contributed by atoms with Crippen molar-refractivity contribution in [3.63, 3.8) is 0 Å². The smallest absolute Gasteiger partial charge is 0.127 e. The van der Waals surface area contributed by atoms with Gasteiger partial charge in [0.2, 0.25) is 0 Å². The molecular formula is C17H21NO3. The van der Waals surface area contributed by atoms with Gasteiger partial charge in [0, 0.05) is 17.3 Å². The average Bonchev–Trinajstić information content (AvgIpc) is 2.53. The van der Waals surface area contributed by atoms with Crippen LogP contribution in [0, 0.1) is 6.92 Å². The lowest BCUT2D eigenvalue weighted by Gasteiger charge is -2.21. The predicted molar refractivity (Wildman–Crippen MR) is 84.2 cm³/mol. The number of hydrogen-bond donors (Lipinski definition) is 2. The first-order valence-electron chi connectivity index (χ1n) is 6.84. The standard InChI is InChI=1S/C17H21NO3/c1-12-4-6-13(7-5-12)18-16(11-19)15-9-8-14(20-2)10-17(15)21-3/h4-10,16,18-19H,11H2,1-3H3. The first kappa shape index (κ1) is 15.2. The van der Waals surface area contributed by atoms with Crippen molar-refractivity contribution in [2.45, 2.75) is 13.0 Å². The van der Waals surface area contributed by atoms with Gasteiger partial charge in [-0.3, -0.25) is 0 Å². The highest BCUT2D eigenvalue weighted by Gasteiger charge is 2.16. The molecule has 0 fully saturated rings. The Balaban J connectivity index is 2.26. The highest BCUT2D eigenvalue weighted by Crippen LogP contribution is 2.31. The van der Waals surface area contributed by atoms with E-state index in [9.17, 15) is 5.11 Å². The molecule has 0 bridgehead atoms. The Morgan fingerprint density at radius 3 is 2.33 bits per heavy atom. The minimum Gasteiger partial charge on any atom is -0.497 e. The number of ether oxygens (including phenoxy) is 2. The van der Waals surface area contributed by atoms with Crippen molar-refractivity contribution in [2.24, 2.45) is 0 Å². The molecule has 0 saturated heterocycles. The minimum atomic E-state index is -0.242. The fraction of sp³-hybridized carbons (Fsp3) is 0.294. The first-order valence-corrected chi connectivity index (χ1v) is 6.84. The van der Waals surface area contributed by atoms with Crippen LogP contribution in [0.1, 0.15) is 17.2 Å². The van der Waals surface area contributed by atoms with Crippen molar-refractivity contribution in [3.8, 4) is 11.5 Å². The molecule has 0 radical (unpaired) electrons. The molecule has 0 aliphatic heterocycles. The van der Waals surface area contributed by atoms with Gasteiger partial charge in [0.1, 0.15) is 11.5 Å². The van der Waals surface area contributed by atoms with Crippen molar-refractivity contribution < 1.29 is 14.6 Å². The van der Waals surface area contributed by atoms with Crippen molar-refractivity contribution >= 4 is 5.69 Å². The van der Waals surface area contributed by atoms with Gasteiger partial charge in [0.25, 0.3) is 0 Å². The summed E-state index contributed by atoms with van der Waals surface area (Å²) in [5, 5.41) is 13.0. The first-order chi connectivity index (χ1) is 10.2. The summed E-state index contributed by atoms with van der Waals surface area (Å²) in [4.78, 5) is 0. The van der Waals surface area contributed by atoms with Gasteiger partial charge in [0.15, 0.2) is 0 Å². The van der Waals surface area contributed by atoms with E-state index in [0.717, 1.165) is 17.0 Å². The molecule has 1 atom stereocenters. The maximum atomic E-state index is 9.69. The predicted octanol–water partition coefficient (Wildman–Crippen LogP) is 3.16. The number of aliphatic hydroxyl groups excluding tert-OH is 1. The third kappa shape index (κ3) is 3.67. The lowest BCUT2D eigenvalue weighted by Crippen LogP contribution is -2.15. The average molecular weight is 287 g/mol. The number of nitrogens with one attached hydrogen (secondary N) is 1. The molecule has 0 aliphatic rings. The van der Waals surface area contributed by atoms with E-state index in [0.29, 0.717) is 5.75 Å². The molecule has 2 aromatic rings. The fourth-order valence-electron chi connectivity index (χ4n) is 2.18. The Kier molecular flexibility index (Phi) is 5.06. The van der Waals surface area contributed by atoms with E-state index in [1.54, 1.807) is 14.2 Å². The van der Waals surface area contributed by atoms with Gasteiger partial charge in [0.05, 0.1) is 26.9 Å². The summed E-state index contributed by atoms with van der Waals surface area (Å²) in [6.45, 7) is 2.01. The highest BCUT2D eigenvalue weighted by molar-refractivity contribution is 5.50. The SMILES string of the molecule is COc1ccc(C(CO)Nc2ccc(C)cc2)c(OC)c1. The topological polar surface area (TPSA) is 50.7 Å². The molecule has 1 unspecified atom stereocenters. The highest BCUT2D eigenvalue weighted by atomic mass is 16.5. The molecule has 0 spiro atoms. The van der Waals surface area contributed by atoms with Crippen molar-refractivity contribution in [1.82, 2.24) is 0 Å². The number of methoxy groups -OCH3 is 2. The quantitative estimate of drug-likeness (QED) is 0.857. The zero-order valence-corrected chi connectivity index (χ0v) is 12.6. The summed E-state index contributed by atoms with van der Waals surface area (Å²) in [5.41, 5.74) is 3.04. The Hall–Kier alpha value is -2.20. The van der Waals surface area contributed by atoms with E-state index in [1.165, 1.54) is 5.56 Å². The molecular weight excluding hydrogens is 266 g/mol. The molecule has 4 heteroatoms. The molecule has 0 heterocycles. The number of benzene rings is 2. The summed E-state index contributed by atoms with van der Waals surface area (Å²) < 4.78 is 10.6. The van der Waals surface area contributed by atoms with Crippen LogP contribution in [0.5, 0.6) is 11.5 Å². The lowest BCUT2D eigenvalue weighted by molar-refractivity contribution is 0.273. The number of anilines is 1. The molecule has 0 aliphatic carbocycles. The van der Waals surface area contributed by atoms with Gasteiger partial charge in [-0.25, -0.2) is 0 Å². The van der Waals surface area contributed by atoms with Crippen molar-refractivity contribution in [3.05, 3.63) is 53.6 Å². The molecule has 0 saturated carbocycles. The summed E-state index contributed by atoms with van der Waals surface area (Å²) in [7, 11) is 3.22. The number of aryl methyl sites for hydroxylation is 1. The van der Waals surface area contributed by atoms with E-state index in [4.69, 9.17) is 9.47 Å². The van der Waals surface area contributed by atoms with Crippen molar-refractivity contribution in [1.29, 1.82) is 0 Å². The molecule has 0 aromatic heterocycles. The Morgan fingerprint density at radius 1 is 1.05 bits per heavy atom. The summed E-state index contributed by atoms with van der Waals surface area (Å²) >= 11 is 0. The normalized spacial score (nSPS) is 11.8. The van der Waals surface area contributed by atoms with E-state index >= 15 is 0 Å². The fourth-order valence-corrected chi connectivity index (χ4v) is 2.18. The second-order valence-corrected chi connectivity index (χ2v) is 4.85. The molecule has 2 aromatic carbocycles. The minimum absolute atomic E-state index is 0.0312. The van der Waals surface area contributed by atoms with Crippen LogP contribution in [-0.2, 0) is 0 Å². The maximum absolute atomic E-state index is 9.69. The van der Waals surface area contributed by atoms with E-state index in [1.807, 2.05) is 49.4 Å².